The molecule has 0 aliphatic carbocycles. The number of aryl methyl sites for hydroxylation is 3. The fourth-order valence-corrected chi connectivity index (χ4v) is 3.67. The van der Waals surface area contributed by atoms with Crippen LogP contribution in [0.4, 0.5) is 0 Å². The maximum Gasteiger partial charge on any atom is 0.212 e. The van der Waals surface area contributed by atoms with E-state index in [0.717, 1.165) is 22.4 Å². The van der Waals surface area contributed by atoms with E-state index < -0.39 is 10.1 Å². The Balaban J connectivity index is 0.000000222. The van der Waals surface area contributed by atoms with Gasteiger partial charge in [0, 0.05) is 23.6 Å². The van der Waals surface area contributed by atoms with Gasteiger partial charge in [0.2, 0.25) is 11.2 Å². The van der Waals surface area contributed by atoms with Crippen molar-refractivity contribution in [2.45, 2.75) is 18.7 Å². The van der Waals surface area contributed by atoms with E-state index in [-0.39, 0.29) is 4.90 Å². The number of hydrogen-bond donors (Lipinski definition) is 1. The first-order valence-corrected chi connectivity index (χ1v) is 11.4. The van der Waals surface area contributed by atoms with E-state index in [2.05, 4.69) is 60.2 Å². The Hall–Kier alpha value is -3.48. The number of nitrogens with zero attached hydrogens (tertiary/aromatic N) is 1. The minimum atomic E-state index is -4.27. The van der Waals surface area contributed by atoms with Crippen LogP contribution in [0, 0.1) is 13.8 Å². The molecule has 1 aromatic heterocycles. The number of benzene rings is 3. The molecule has 0 radical (unpaired) electrons. The van der Waals surface area contributed by atoms with Crippen molar-refractivity contribution in [2.24, 2.45) is 7.05 Å². The van der Waals surface area contributed by atoms with Crippen LogP contribution in [0.25, 0.3) is 23.1 Å². The molecule has 164 valence electrons. The number of fused-ring (bicyclic) bond motifs is 1. The fraction of sp³-hybridized carbons (Fsp3) is 0.115. The molecule has 32 heavy (non-hydrogen) atoms. The number of hydrogen-bond acceptors (Lipinski definition) is 4. The third-order valence-corrected chi connectivity index (χ3v) is 5.95. The summed E-state index contributed by atoms with van der Waals surface area (Å²) in [5.41, 5.74) is 5.25. The highest BCUT2D eigenvalue weighted by Gasteiger charge is 2.08. The highest BCUT2D eigenvalue weighted by molar-refractivity contribution is 7.85. The number of phenols is 1. The minimum absolute atomic E-state index is 0.178. The molecule has 0 aliphatic rings. The van der Waals surface area contributed by atoms with Crippen LogP contribution >= 0.6 is 0 Å². The predicted octanol–water partition coefficient (Wildman–Crippen LogP) is 4.75. The van der Waals surface area contributed by atoms with Crippen LogP contribution in [-0.2, 0) is 17.2 Å². The van der Waals surface area contributed by atoms with Crippen LogP contribution < -0.4 is 4.57 Å². The van der Waals surface area contributed by atoms with E-state index >= 15 is 0 Å². The van der Waals surface area contributed by atoms with Gasteiger partial charge >= 0.3 is 0 Å². The van der Waals surface area contributed by atoms with Crippen LogP contribution in [0.5, 0.6) is 5.75 Å². The third kappa shape index (κ3) is 5.81. The highest BCUT2D eigenvalue weighted by Crippen LogP contribution is 2.18. The van der Waals surface area contributed by atoms with Crippen LogP contribution in [0.1, 0.15) is 22.4 Å². The number of phenolic OH excluding ortho intramolecular Hbond substituents is 1. The van der Waals surface area contributed by atoms with Crippen molar-refractivity contribution in [2.75, 3.05) is 0 Å². The van der Waals surface area contributed by atoms with Gasteiger partial charge in [-0.25, -0.2) is 8.42 Å². The van der Waals surface area contributed by atoms with Crippen LogP contribution in [0.3, 0.4) is 0 Å². The van der Waals surface area contributed by atoms with Gasteiger partial charge in [0.1, 0.15) is 22.9 Å². The van der Waals surface area contributed by atoms with E-state index in [1.165, 1.54) is 23.0 Å². The molecule has 6 heteroatoms. The Morgan fingerprint density at radius 3 is 2.22 bits per heavy atom. The molecule has 0 atom stereocenters. The summed E-state index contributed by atoms with van der Waals surface area (Å²) >= 11 is 0. The van der Waals surface area contributed by atoms with E-state index in [9.17, 15) is 18.1 Å². The molecular formula is C26H25NO4S. The SMILES string of the molecule is Cc1cc(C=Cc2ccc3ccccc3[n+]2C)ccc1O.Cc1ccc(S(=O)(=O)[O-])cc1. The molecule has 0 saturated carbocycles. The number of pyridine rings is 1. The second kappa shape index (κ2) is 9.77. The summed E-state index contributed by atoms with van der Waals surface area (Å²) < 4.78 is 33.3. The smallest absolute Gasteiger partial charge is 0.212 e. The highest BCUT2D eigenvalue weighted by atomic mass is 32.2. The quantitative estimate of drug-likeness (QED) is 0.363. The van der Waals surface area contributed by atoms with Gasteiger partial charge in [-0.05, 0) is 67.4 Å². The molecule has 1 N–H and O–H groups in total. The van der Waals surface area contributed by atoms with Crippen molar-refractivity contribution < 1.29 is 22.6 Å². The van der Waals surface area contributed by atoms with Gasteiger partial charge in [-0.1, -0.05) is 35.9 Å². The molecule has 0 aliphatic heterocycles. The van der Waals surface area contributed by atoms with Gasteiger partial charge in [0.05, 0.1) is 4.90 Å². The summed E-state index contributed by atoms with van der Waals surface area (Å²) in [6.07, 6.45) is 4.16. The van der Waals surface area contributed by atoms with Gasteiger partial charge < -0.3 is 9.66 Å². The average molecular weight is 448 g/mol. The zero-order valence-corrected chi connectivity index (χ0v) is 19.0. The molecule has 4 rings (SSSR count). The van der Waals surface area contributed by atoms with E-state index in [4.69, 9.17) is 0 Å². The van der Waals surface area contributed by atoms with Crippen LogP contribution in [-0.4, -0.2) is 18.1 Å². The van der Waals surface area contributed by atoms with Gasteiger partial charge in [-0.15, -0.1) is 0 Å². The lowest BCUT2D eigenvalue weighted by Gasteiger charge is -2.05. The molecular weight excluding hydrogens is 422 g/mol. The fourth-order valence-electron chi connectivity index (χ4n) is 3.20. The van der Waals surface area contributed by atoms with Crippen molar-refractivity contribution in [1.82, 2.24) is 0 Å². The molecule has 0 spiro atoms. The lowest BCUT2D eigenvalue weighted by Crippen LogP contribution is -2.32. The second-order valence-electron chi connectivity index (χ2n) is 7.52. The first-order valence-electron chi connectivity index (χ1n) is 10.0. The van der Waals surface area contributed by atoms with Crippen molar-refractivity contribution in [1.29, 1.82) is 0 Å². The zero-order chi connectivity index (χ0) is 23.3. The molecule has 4 aromatic rings. The summed E-state index contributed by atoms with van der Waals surface area (Å²) in [6.45, 7) is 3.73. The molecule has 3 aromatic carbocycles. The maximum atomic E-state index is 10.4. The number of aromatic hydroxyl groups is 1. The Kier molecular flexibility index (Phi) is 7.08. The van der Waals surface area contributed by atoms with Gasteiger partial charge in [-0.2, -0.15) is 4.57 Å². The van der Waals surface area contributed by atoms with Crippen molar-refractivity contribution in [3.8, 4) is 5.75 Å². The normalized spacial score (nSPS) is 11.4. The Morgan fingerprint density at radius 1 is 0.875 bits per heavy atom. The van der Waals surface area contributed by atoms with Crippen molar-refractivity contribution in [3.63, 3.8) is 0 Å². The van der Waals surface area contributed by atoms with E-state index in [0.29, 0.717) is 5.75 Å². The Bertz CT molecular complexity index is 1380. The molecule has 0 fully saturated rings. The van der Waals surface area contributed by atoms with Gasteiger partial charge in [0.15, 0.2) is 0 Å². The molecule has 0 saturated heterocycles. The largest absolute Gasteiger partial charge is 0.744 e. The Labute approximate surface area is 188 Å². The lowest BCUT2D eigenvalue weighted by atomic mass is 10.1. The van der Waals surface area contributed by atoms with E-state index in [1.54, 1.807) is 18.2 Å². The number of aromatic nitrogens is 1. The predicted molar refractivity (Wildman–Crippen MR) is 126 cm³/mol. The van der Waals surface area contributed by atoms with Gasteiger partial charge in [-0.3, -0.25) is 0 Å². The second-order valence-corrected chi connectivity index (χ2v) is 8.90. The maximum absolute atomic E-state index is 10.4. The zero-order valence-electron chi connectivity index (χ0n) is 18.2. The summed E-state index contributed by atoms with van der Waals surface area (Å²) in [6, 6.07) is 24.0. The summed E-state index contributed by atoms with van der Waals surface area (Å²) in [4.78, 5) is -0.178. The summed E-state index contributed by atoms with van der Waals surface area (Å²) in [5.74, 6) is 0.336. The molecule has 0 unspecified atom stereocenters. The molecule has 0 amide bonds. The van der Waals surface area contributed by atoms with Crippen molar-refractivity contribution >= 4 is 33.2 Å². The summed E-state index contributed by atoms with van der Waals surface area (Å²) in [7, 11) is -2.20. The summed E-state index contributed by atoms with van der Waals surface area (Å²) in [5, 5.41) is 10.8. The Morgan fingerprint density at radius 2 is 1.56 bits per heavy atom. The molecule has 1 heterocycles. The van der Waals surface area contributed by atoms with Crippen molar-refractivity contribution in [3.05, 3.63) is 101 Å². The third-order valence-electron chi connectivity index (χ3n) is 5.10. The first-order chi connectivity index (χ1) is 15.1. The number of para-hydroxylation sites is 1. The monoisotopic (exact) mass is 447 g/mol. The van der Waals surface area contributed by atoms with Gasteiger partial charge in [0.25, 0.3) is 0 Å². The lowest BCUT2D eigenvalue weighted by molar-refractivity contribution is -0.646. The standard InChI is InChI=1S/C19H17NO.C7H8O3S/c1-14-13-15(8-12-19(14)21)7-10-17-11-9-16-5-3-4-6-18(16)20(17)2;1-6-2-4-7(5-3-6)11(8,9)10/h3-13H,1-2H3;2-5H,1H3,(H,8,9,10). The molecule has 0 bridgehead atoms. The molecule has 5 nitrogen and oxygen atoms in total. The topological polar surface area (TPSA) is 81.3 Å². The first kappa shape index (κ1) is 23.2. The van der Waals surface area contributed by atoms with Crippen LogP contribution in [0.2, 0.25) is 0 Å². The van der Waals surface area contributed by atoms with E-state index in [1.807, 2.05) is 26.0 Å². The number of rotatable bonds is 3. The minimum Gasteiger partial charge on any atom is -0.744 e. The van der Waals surface area contributed by atoms with Crippen LogP contribution in [0.15, 0.2) is 83.8 Å². The average Bonchev–Trinajstić information content (AvgIpc) is 2.76.